The highest BCUT2D eigenvalue weighted by Gasteiger charge is 2.18. The molecule has 0 amide bonds. The first kappa shape index (κ1) is 12.1. The molecule has 0 N–H and O–H groups in total. The summed E-state index contributed by atoms with van der Waals surface area (Å²) in [6.45, 7) is 2.95. The van der Waals surface area contributed by atoms with Crippen LogP contribution in [-0.4, -0.2) is 24.5 Å². The molecule has 1 aliphatic rings. The number of likely N-dealkylation sites (tertiary alicyclic amines) is 1. The fourth-order valence-electron chi connectivity index (χ4n) is 2.43. The Morgan fingerprint density at radius 3 is 2.47 bits per heavy atom. The van der Waals surface area contributed by atoms with Crippen molar-refractivity contribution in [1.82, 2.24) is 4.90 Å². The number of piperidine rings is 1. The summed E-state index contributed by atoms with van der Waals surface area (Å²) in [5.41, 5.74) is 1.24. The summed E-state index contributed by atoms with van der Waals surface area (Å²) in [7, 11) is 0. The van der Waals surface area contributed by atoms with E-state index in [1.165, 1.54) is 18.4 Å². The zero-order valence-electron chi connectivity index (χ0n) is 10.0. The summed E-state index contributed by atoms with van der Waals surface area (Å²) < 4.78 is 12.8. The van der Waals surface area contributed by atoms with Gasteiger partial charge in [0.2, 0.25) is 0 Å². The summed E-state index contributed by atoms with van der Waals surface area (Å²) in [5, 5.41) is 0. The van der Waals surface area contributed by atoms with E-state index in [2.05, 4.69) is 10.8 Å². The Hall–Kier alpha value is -1.33. The molecular formula is C15H18FN. The van der Waals surface area contributed by atoms with Crippen LogP contribution in [0.5, 0.6) is 0 Å². The van der Waals surface area contributed by atoms with E-state index in [1.807, 2.05) is 12.1 Å². The van der Waals surface area contributed by atoms with E-state index in [0.29, 0.717) is 0 Å². The molecule has 1 nitrogen and oxygen atoms in total. The van der Waals surface area contributed by atoms with Gasteiger partial charge in [0.05, 0.1) is 6.54 Å². The van der Waals surface area contributed by atoms with Crippen LogP contribution in [0.1, 0.15) is 18.4 Å². The molecule has 0 atom stereocenters. The van der Waals surface area contributed by atoms with Gasteiger partial charge in [-0.3, -0.25) is 4.90 Å². The van der Waals surface area contributed by atoms with Crippen molar-refractivity contribution in [3.8, 4) is 12.3 Å². The Balaban J connectivity index is 1.82. The predicted octanol–water partition coefficient (Wildman–Crippen LogP) is 2.71. The maximum absolute atomic E-state index is 12.8. The van der Waals surface area contributed by atoms with Crippen LogP contribution >= 0.6 is 0 Å². The van der Waals surface area contributed by atoms with Crippen molar-refractivity contribution in [2.45, 2.75) is 19.3 Å². The number of rotatable bonds is 3. The molecule has 1 fully saturated rings. The highest BCUT2D eigenvalue weighted by Crippen LogP contribution is 2.21. The molecule has 1 heterocycles. The SMILES string of the molecule is C#CCN1CCC(Cc2ccc(F)cc2)CC1. The van der Waals surface area contributed by atoms with Crippen LogP contribution < -0.4 is 0 Å². The summed E-state index contributed by atoms with van der Waals surface area (Å²) >= 11 is 0. The molecule has 2 heteroatoms. The fourth-order valence-corrected chi connectivity index (χ4v) is 2.43. The van der Waals surface area contributed by atoms with Crippen molar-refractivity contribution in [2.24, 2.45) is 5.92 Å². The molecular weight excluding hydrogens is 213 g/mol. The third-order valence-corrected chi connectivity index (χ3v) is 3.46. The first-order valence-corrected chi connectivity index (χ1v) is 6.18. The Morgan fingerprint density at radius 2 is 1.88 bits per heavy atom. The Bertz CT molecular complexity index is 382. The lowest BCUT2D eigenvalue weighted by molar-refractivity contribution is 0.203. The molecule has 0 radical (unpaired) electrons. The van der Waals surface area contributed by atoms with Crippen LogP contribution in [0.25, 0.3) is 0 Å². The highest BCUT2D eigenvalue weighted by molar-refractivity contribution is 5.16. The van der Waals surface area contributed by atoms with E-state index in [-0.39, 0.29) is 5.82 Å². The van der Waals surface area contributed by atoms with Gasteiger partial charge in [0.15, 0.2) is 0 Å². The molecule has 1 aliphatic heterocycles. The average molecular weight is 231 g/mol. The maximum atomic E-state index is 12.8. The van der Waals surface area contributed by atoms with E-state index in [1.54, 1.807) is 12.1 Å². The summed E-state index contributed by atoms with van der Waals surface area (Å²) in [4.78, 5) is 2.32. The quantitative estimate of drug-likeness (QED) is 0.723. The average Bonchev–Trinajstić information content (AvgIpc) is 2.35. The van der Waals surface area contributed by atoms with Gasteiger partial charge in [-0.25, -0.2) is 4.39 Å². The first-order valence-electron chi connectivity index (χ1n) is 6.18. The predicted molar refractivity (Wildman–Crippen MR) is 68.1 cm³/mol. The number of terminal acetylenes is 1. The van der Waals surface area contributed by atoms with E-state index < -0.39 is 0 Å². The first-order chi connectivity index (χ1) is 8.28. The van der Waals surface area contributed by atoms with E-state index in [9.17, 15) is 4.39 Å². The molecule has 1 aromatic rings. The molecule has 17 heavy (non-hydrogen) atoms. The largest absolute Gasteiger partial charge is 0.292 e. The molecule has 0 unspecified atom stereocenters. The summed E-state index contributed by atoms with van der Waals surface area (Å²) in [6, 6.07) is 6.87. The highest BCUT2D eigenvalue weighted by atomic mass is 19.1. The molecule has 0 saturated carbocycles. The van der Waals surface area contributed by atoms with Gasteiger partial charge in [-0.2, -0.15) is 0 Å². The third kappa shape index (κ3) is 3.57. The standard InChI is InChI=1S/C15H18FN/c1-2-9-17-10-7-14(8-11-17)12-13-3-5-15(16)6-4-13/h1,3-6,14H,7-12H2. The summed E-state index contributed by atoms with van der Waals surface area (Å²) in [5.74, 6) is 3.25. The van der Waals surface area contributed by atoms with Crippen molar-refractivity contribution in [2.75, 3.05) is 19.6 Å². The molecule has 0 bridgehead atoms. The monoisotopic (exact) mass is 231 g/mol. The van der Waals surface area contributed by atoms with Crippen molar-refractivity contribution >= 4 is 0 Å². The normalized spacial score (nSPS) is 17.9. The number of nitrogens with zero attached hydrogens (tertiary/aromatic N) is 1. The van der Waals surface area contributed by atoms with Gasteiger partial charge < -0.3 is 0 Å². The van der Waals surface area contributed by atoms with Gasteiger partial charge in [-0.1, -0.05) is 18.1 Å². The topological polar surface area (TPSA) is 3.24 Å². The molecule has 0 spiro atoms. The van der Waals surface area contributed by atoms with Crippen LogP contribution in [-0.2, 0) is 6.42 Å². The number of benzene rings is 1. The molecule has 2 rings (SSSR count). The summed E-state index contributed by atoms with van der Waals surface area (Å²) in [6.07, 6.45) is 8.75. The van der Waals surface area contributed by atoms with Gasteiger partial charge in [-0.05, 0) is 56.0 Å². The Morgan fingerprint density at radius 1 is 1.24 bits per heavy atom. The lowest BCUT2D eigenvalue weighted by Gasteiger charge is -2.30. The minimum atomic E-state index is -0.155. The molecule has 0 aromatic heterocycles. The van der Waals surface area contributed by atoms with Crippen molar-refractivity contribution in [1.29, 1.82) is 0 Å². The fraction of sp³-hybridized carbons (Fsp3) is 0.467. The Labute approximate surface area is 103 Å². The van der Waals surface area contributed by atoms with Crippen molar-refractivity contribution in [3.05, 3.63) is 35.6 Å². The zero-order chi connectivity index (χ0) is 12.1. The molecule has 0 aliphatic carbocycles. The molecule has 90 valence electrons. The van der Waals surface area contributed by atoms with E-state index >= 15 is 0 Å². The van der Waals surface area contributed by atoms with Gasteiger partial charge >= 0.3 is 0 Å². The van der Waals surface area contributed by atoms with Crippen molar-refractivity contribution in [3.63, 3.8) is 0 Å². The van der Waals surface area contributed by atoms with E-state index in [0.717, 1.165) is 32.0 Å². The van der Waals surface area contributed by atoms with Crippen LogP contribution in [0.3, 0.4) is 0 Å². The van der Waals surface area contributed by atoms with Gasteiger partial charge in [0.25, 0.3) is 0 Å². The third-order valence-electron chi connectivity index (χ3n) is 3.46. The minimum absolute atomic E-state index is 0.155. The van der Waals surface area contributed by atoms with Gasteiger partial charge in [-0.15, -0.1) is 6.42 Å². The molecule has 1 aromatic carbocycles. The maximum Gasteiger partial charge on any atom is 0.123 e. The lowest BCUT2D eigenvalue weighted by Crippen LogP contribution is -2.34. The zero-order valence-corrected chi connectivity index (χ0v) is 10.0. The second-order valence-corrected chi connectivity index (χ2v) is 4.75. The smallest absolute Gasteiger partial charge is 0.123 e. The number of hydrogen-bond donors (Lipinski definition) is 0. The molecule has 1 saturated heterocycles. The lowest BCUT2D eigenvalue weighted by atomic mass is 9.90. The number of hydrogen-bond acceptors (Lipinski definition) is 1. The van der Waals surface area contributed by atoms with Crippen LogP contribution in [0, 0.1) is 24.1 Å². The Kier molecular flexibility index (Phi) is 4.17. The van der Waals surface area contributed by atoms with Crippen molar-refractivity contribution < 1.29 is 4.39 Å². The minimum Gasteiger partial charge on any atom is -0.292 e. The van der Waals surface area contributed by atoms with Gasteiger partial charge in [0.1, 0.15) is 5.82 Å². The van der Waals surface area contributed by atoms with Gasteiger partial charge in [0, 0.05) is 0 Å². The second-order valence-electron chi connectivity index (χ2n) is 4.75. The van der Waals surface area contributed by atoms with E-state index in [4.69, 9.17) is 6.42 Å². The van der Waals surface area contributed by atoms with Crippen LogP contribution in [0.15, 0.2) is 24.3 Å². The van der Waals surface area contributed by atoms with Crippen LogP contribution in [0.2, 0.25) is 0 Å². The number of halogens is 1. The van der Waals surface area contributed by atoms with Crippen LogP contribution in [0.4, 0.5) is 4.39 Å². The second kappa shape index (κ2) is 5.84.